The van der Waals surface area contributed by atoms with Crippen molar-refractivity contribution in [1.82, 2.24) is 0 Å². The maximum atomic E-state index is 9.37. The molecule has 0 saturated heterocycles. The van der Waals surface area contributed by atoms with E-state index in [0.717, 1.165) is 24.0 Å². The molecule has 1 spiro atoms. The molecule has 0 aromatic heterocycles. The zero-order valence-electron chi connectivity index (χ0n) is 10.7. The van der Waals surface area contributed by atoms with Crippen molar-refractivity contribution in [3.05, 3.63) is 47.1 Å². The maximum Gasteiger partial charge on any atom is 0.0995 e. The van der Waals surface area contributed by atoms with Gasteiger partial charge in [0.2, 0.25) is 0 Å². The lowest BCUT2D eigenvalue weighted by molar-refractivity contribution is 0.751. The smallest absolute Gasteiger partial charge is 0.0995 e. The lowest BCUT2D eigenvalue weighted by Crippen LogP contribution is -2.21. The molecule has 0 fully saturated rings. The quantitative estimate of drug-likeness (QED) is 0.632. The number of fused-ring (bicyclic) bond motifs is 1. The van der Waals surface area contributed by atoms with Gasteiger partial charge in [0.15, 0.2) is 0 Å². The molecular weight excluding hydrogens is 238 g/mol. The molecule has 1 aliphatic carbocycles. The summed E-state index contributed by atoms with van der Waals surface area (Å²) in [6, 6.07) is 10.6. The predicted molar refractivity (Wildman–Crippen MR) is 76.2 cm³/mol. The van der Waals surface area contributed by atoms with E-state index in [1.807, 2.05) is 23.9 Å². The van der Waals surface area contributed by atoms with Gasteiger partial charge >= 0.3 is 0 Å². The molecule has 1 aromatic rings. The number of benzene rings is 1. The van der Waals surface area contributed by atoms with Crippen molar-refractivity contribution < 1.29 is 0 Å². The van der Waals surface area contributed by atoms with Gasteiger partial charge in [0, 0.05) is 15.2 Å². The second-order valence-electron chi connectivity index (χ2n) is 5.25. The summed E-state index contributed by atoms with van der Waals surface area (Å²) in [7, 11) is 0. The van der Waals surface area contributed by atoms with Crippen LogP contribution in [0, 0.1) is 11.3 Å². The molecule has 18 heavy (non-hydrogen) atoms. The molecule has 1 nitrogen and oxygen atoms in total. The molecule has 0 bridgehead atoms. The van der Waals surface area contributed by atoms with Gasteiger partial charge in [-0.15, -0.1) is 11.8 Å². The first kappa shape index (κ1) is 11.6. The lowest BCUT2D eigenvalue weighted by atomic mass is 9.96. The van der Waals surface area contributed by atoms with E-state index in [2.05, 4.69) is 38.1 Å². The zero-order valence-corrected chi connectivity index (χ0v) is 11.5. The normalized spacial score (nSPS) is 20.6. The van der Waals surface area contributed by atoms with E-state index in [1.54, 1.807) is 0 Å². The van der Waals surface area contributed by atoms with Crippen LogP contribution in [0.1, 0.15) is 32.3 Å². The van der Waals surface area contributed by atoms with Crippen molar-refractivity contribution in [2.45, 2.75) is 36.3 Å². The molecule has 2 heteroatoms. The Morgan fingerprint density at radius 2 is 1.83 bits per heavy atom. The average molecular weight is 253 g/mol. The molecule has 0 atom stereocenters. The number of rotatable bonds is 0. The monoisotopic (exact) mass is 253 g/mol. The summed E-state index contributed by atoms with van der Waals surface area (Å²) in [6.45, 7) is 4.43. The van der Waals surface area contributed by atoms with Gasteiger partial charge in [-0.25, -0.2) is 0 Å². The molecule has 2 aliphatic rings. The summed E-state index contributed by atoms with van der Waals surface area (Å²) in [5, 5.41) is 9.37. The molecular formula is C16H15NS. The molecule has 1 aromatic carbocycles. The van der Waals surface area contributed by atoms with E-state index in [0.29, 0.717) is 0 Å². The fourth-order valence-corrected chi connectivity index (χ4v) is 4.52. The second-order valence-corrected chi connectivity index (χ2v) is 6.70. The Morgan fingerprint density at radius 3 is 2.50 bits per heavy atom. The largest absolute Gasteiger partial charge is 0.192 e. The molecule has 0 N–H and O–H groups in total. The number of hydrogen-bond acceptors (Lipinski definition) is 2. The van der Waals surface area contributed by atoms with E-state index >= 15 is 0 Å². The summed E-state index contributed by atoms with van der Waals surface area (Å²) in [5.41, 5.74) is 4.90. The number of allylic oxidation sites excluding steroid dienone is 3. The van der Waals surface area contributed by atoms with Crippen LogP contribution in [0.5, 0.6) is 0 Å². The number of hydrogen-bond donors (Lipinski definition) is 0. The summed E-state index contributed by atoms with van der Waals surface area (Å²) in [4.78, 5) is 1.25. The third kappa shape index (κ3) is 1.71. The van der Waals surface area contributed by atoms with E-state index in [9.17, 15) is 5.26 Å². The molecule has 0 unspecified atom stereocenters. The van der Waals surface area contributed by atoms with Gasteiger partial charge in [-0.05, 0) is 38.8 Å². The van der Waals surface area contributed by atoms with Gasteiger partial charge in [-0.2, -0.15) is 5.26 Å². The first-order valence-electron chi connectivity index (χ1n) is 6.20. The first-order valence-corrected chi connectivity index (χ1v) is 7.02. The van der Waals surface area contributed by atoms with Crippen LogP contribution in [-0.2, 0) is 0 Å². The SMILES string of the molecule is CC1=C(C)CC2(C=C(C#N)c3ccccc3S2)C1. The molecule has 1 aliphatic heterocycles. The minimum Gasteiger partial charge on any atom is -0.192 e. The Bertz CT molecular complexity index is 602. The van der Waals surface area contributed by atoms with Gasteiger partial charge in [0.25, 0.3) is 0 Å². The van der Waals surface area contributed by atoms with Crippen molar-refractivity contribution in [3.63, 3.8) is 0 Å². The van der Waals surface area contributed by atoms with Gasteiger partial charge in [0.05, 0.1) is 11.6 Å². The van der Waals surface area contributed by atoms with Crippen LogP contribution >= 0.6 is 11.8 Å². The number of nitriles is 1. The van der Waals surface area contributed by atoms with Gasteiger partial charge in [0.1, 0.15) is 0 Å². The highest BCUT2D eigenvalue weighted by molar-refractivity contribution is 8.01. The Hall–Kier alpha value is -1.46. The van der Waals surface area contributed by atoms with E-state index in [4.69, 9.17) is 0 Å². The lowest BCUT2D eigenvalue weighted by Gasteiger charge is -2.31. The highest BCUT2D eigenvalue weighted by atomic mass is 32.2. The molecule has 0 saturated carbocycles. The molecule has 3 rings (SSSR count). The Balaban J connectivity index is 2.08. The minimum absolute atomic E-state index is 0.0909. The maximum absolute atomic E-state index is 9.37. The van der Waals surface area contributed by atoms with Gasteiger partial charge in [-0.1, -0.05) is 29.3 Å². The molecule has 0 radical (unpaired) electrons. The highest BCUT2D eigenvalue weighted by Gasteiger charge is 2.38. The van der Waals surface area contributed by atoms with Crippen LogP contribution in [0.3, 0.4) is 0 Å². The molecule has 90 valence electrons. The summed E-state index contributed by atoms with van der Waals surface area (Å²) < 4.78 is 0.0909. The van der Waals surface area contributed by atoms with E-state index in [1.165, 1.54) is 16.0 Å². The van der Waals surface area contributed by atoms with Gasteiger partial charge < -0.3 is 0 Å². The summed E-state index contributed by atoms with van der Waals surface area (Å²) in [5.74, 6) is 0. The van der Waals surface area contributed by atoms with Crippen LogP contribution in [-0.4, -0.2) is 4.75 Å². The van der Waals surface area contributed by atoms with E-state index < -0.39 is 0 Å². The Morgan fingerprint density at radius 1 is 1.17 bits per heavy atom. The van der Waals surface area contributed by atoms with Crippen LogP contribution in [0.4, 0.5) is 0 Å². The zero-order chi connectivity index (χ0) is 12.8. The van der Waals surface area contributed by atoms with Crippen LogP contribution in [0.15, 0.2) is 46.4 Å². The average Bonchev–Trinajstić information content (AvgIpc) is 2.63. The van der Waals surface area contributed by atoms with Crippen LogP contribution in [0.25, 0.3) is 5.57 Å². The van der Waals surface area contributed by atoms with Crippen molar-refractivity contribution in [2.24, 2.45) is 0 Å². The molecule has 0 amide bonds. The van der Waals surface area contributed by atoms with Crippen molar-refractivity contribution in [1.29, 1.82) is 5.26 Å². The highest BCUT2D eigenvalue weighted by Crippen LogP contribution is 2.53. The summed E-state index contributed by atoms with van der Waals surface area (Å²) in [6.07, 6.45) is 4.34. The second kappa shape index (κ2) is 4.03. The van der Waals surface area contributed by atoms with Gasteiger partial charge in [-0.3, -0.25) is 0 Å². The van der Waals surface area contributed by atoms with Crippen LogP contribution in [0.2, 0.25) is 0 Å². The predicted octanol–water partition coefficient (Wildman–Crippen LogP) is 4.57. The van der Waals surface area contributed by atoms with Crippen LogP contribution < -0.4 is 0 Å². The third-order valence-corrected chi connectivity index (χ3v) is 5.26. The minimum atomic E-state index is 0.0909. The fourth-order valence-electron chi connectivity index (χ4n) is 2.90. The number of thioether (sulfide) groups is 1. The standard InChI is InChI=1S/C16H15NS/c1-11-7-16(8-12(11)2)9-13(10-17)14-5-3-4-6-15(14)18-16/h3-6,9H,7-8H2,1-2H3. The Kier molecular flexibility index (Phi) is 2.60. The summed E-state index contributed by atoms with van der Waals surface area (Å²) >= 11 is 1.92. The van der Waals surface area contributed by atoms with Crippen molar-refractivity contribution in [3.8, 4) is 6.07 Å². The fraction of sp³-hybridized carbons (Fsp3) is 0.312. The topological polar surface area (TPSA) is 23.8 Å². The Labute approximate surface area is 112 Å². The number of nitrogens with zero attached hydrogens (tertiary/aromatic N) is 1. The van der Waals surface area contributed by atoms with Crippen molar-refractivity contribution in [2.75, 3.05) is 0 Å². The van der Waals surface area contributed by atoms with E-state index in [-0.39, 0.29) is 4.75 Å². The third-order valence-electron chi connectivity index (χ3n) is 3.88. The molecule has 1 heterocycles. The van der Waals surface area contributed by atoms with Crippen molar-refractivity contribution >= 4 is 17.3 Å². The first-order chi connectivity index (χ1) is 8.63.